The van der Waals surface area contributed by atoms with E-state index in [1.165, 1.54) is 18.9 Å². The molecule has 3 heteroatoms. The summed E-state index contributed by atoms with van der Waals surface area (Å²) in [6, 6.07) is 1.18. The van der Waals surface area contributed by atoms with Crippen LogP contribution in [0.25, 0.3) is 0 Å². The fourth-order valence-electron chi connectivity index (χ4n) is 1.43. The Kier molecular flexibility index (Phi) is 5.57. The molecule has 0 bridgehead atoms. The predicted molar refractivity (Wildman–Crippen MR) is 64.7 cm³/mol. The van der Waals surface area contributed by atoms with Gasteiger partial charge in [0.05, 0.1) is 0 Å². The first-order valence-corrected chi connectivity index (χ1v) is 8.53. The van der Waals surface area contributed by atoms with Crippen LogP contribution < -0.4 is 4.98 Å². The number of halogens is 1. The molecule has 0 aromatic carbocycles. The van der Waals surface area contributed by atoms with Gasteiger partial charge in [-0.05, 0) is 17.6 Å². The monoisotopic (exact) mass is 221 g/mol. The Balaban J connectivity index is 4.34. The maximum atomic E-state index is 6.72. The Bertz CT molecular complexity index is 144. The van der Waals surface area contributed by atoms with Crippen molar-refractivity contribution in [2.75, 3.05) is 6.54 Å². The van der Waals surface area contributed by atoms with Gasteiger partial charge in [0.1, 0.15) is 0 Å². The second-order valence-electron chi connectivity index (χ2n) is 4.69. The summed E-state index contributed by atoms with van der Waals surface area (Å²) in [5.41, 5.74) is 0. The normalized spacial score (nSPS) is 17.1. The number of hydrogen-bond acceptors (Lipinski definition) is 1. The molecular formula is C10H24ClNSi. The molecule has 0 aromatic heterocycles. The van der Waals surface area contributed by atoms with E-state index in [9.17, 15) is 0 Å². The second kappa shape index (κ2) is 5.37. The highest BCUT2D eigenvalue weighted by atomic mass is 35.6. The van der Waals surface area contributed by atoms with Crippen LogP contribution in [0.5, 0.6) is 0 Å². The van der Waals surface area contributed by atoms with Crippen molar-refractivity contribution in [2.24, 2.45) is 0 Å². The molecule has 0 aliphatic rings. The van der Waals surface area contributed by atoms with Gasteiger partial charge in [0.2, 0.25) is 7.55 Å². The van der Waals surface area contributed by atoms with Gasteiger partial charge in [-0.25, -0.2) is 0 Å². The zero-order valence-electron chi connectivity index (χ0n) is 9.71. The Labute approximate surface area is 89.0 Å². The average Bonchev–Trinajstić information content (AvgIpc) is 1.99. The predicted octanol–water partition coefficient (Wildman–Crippen LogP) is 3.88. The lowest BCUT2D eigenvalue weighted by atomic mass is 10.2. The zero-order valence-corrected chi connectivity index (χ0v) is 11.5. The first kappa shape index (κ1) is 13.5. The molecule has 0 spiro atoms. The van der Waals surface area contributed by atoms with Gasteiger partial charge in [0, 0.05) is 0 Å². The molecule has 0 fully saturated rings. The third-order valence-electron chi connectivity index (χ3n) is 2.52. The van der Waals surface area contributed by atoms with Gasteiger partial charge in [-0.15, -0.1) is 11.1 Å². The van der Waals surface area contributed by atoms with Crippen LogP contribution in [0.3, 0.4) is 0 Å². The van der Waals surface area contributed by atoms with Crippen molar-refractivity contribution in [3.8, 4) is 0 Å². The van der Waals surface area contributed by atoms with E-state index in [2.05, 4.69) is 39.6 Å². The molecule has 80 valence electrons. The summed E-state index contributed by atoms with van der Waals surface area (Å²) in [6.07, 6.45) is 2.49. The van der Waals surface area contributed by atoms with Crippen LogP contribution in [-0.4, -0.2) is 14.1 Å². The first-order valence-electron chi connectivity index (χ1n) is 5.31. The fourth-order valence-corrected chi connectivity index (χ4v) is 5.09. The Morgan fingerprint density at radius 1 is 1.23 bits per heavy atom. The molecule has 0 aliphatic carbocycles. The van der Waals surface area contributed by atoms with Crippen LogP contribution >= 0.6 is 11.1 Å². The molecule has 0 aliphatic heterocycles. The van der Waals surface area contributed by atoms with Gasteiger partial charge in [-0.3, -0.25) is 0 Å². The van der Waals surface area contributed by atoms with Crippen LogP contribution in [-0.2, 0) is 0 Å². The topological polar surface area (TPSA) is 12.0 Å². The van der Waals surface area contributed by atoms with Gasteiger partial charge in [-0.1, -0.05) is 47.5 Å². The van der Waals surface area contributed by atoms with E-state index in [4.69, 9.17) is 11.1 Å². The van der Waals surface area contributed by atoms with Crippen LogP contribution in [0.1, 0.15) is 47.5 Å². The van der Waals surface area contributed by atoms with Crippen molar-refractivity contribution in [3.63, 3.8) is 0 Å². The highest BCUT2D eigenvalue weighted by Crippen LogP contribution is 2.40. The molecule has 0 aromatic rings. The van der Waals surface area contributed by atoms with E-state index in [0.717, 1.165) is 6.54 Å². The van der Waals surface area contributed by atoms with Crippen LogP contribution in [0.4, 0.5) is 0 Å². The summed E-state index contributed by atoms with van der Waals surface area (Å²) in [5, 5.41) is 0.250. The maximum absolute atomic E-state index is 6.72. The molecule has 1 atom stereocenters. The van der Waals surface area contributed by atoms with E-state index in [1.54, 1.807) is 0 Å². The lowest BCUT2D eigenvalue weighted by Crippen LogP contribution is -2.52. The molecule has 0 amide bonds. The summed E-state index contributed by atoms with van der Waals surface area (Å²) < 4.78 is 0. The van der Waals surface area contributed by atoms with E-state index in [0.29, 0.717) is 0 Å². The van der Waals surface area contributed by atoms with Gasteiger partial charge in [0.25, 0.3) is 0 Å². The minimum absolute atomic E-state index is 0.250. The summed E-state index contributed by atoms with van der Waals surface area (Å²) in [7, 11) is -1.75. The van der Waals surface area contributed by atoms with Crippen molar-refractivity contribution < 1.29 is 0 Å². The second-order valence-corrected chi connectivity index (χ2v) is 10.6. The highest BCUT2D eigenvalue weighted by molar-refractivity contribution is 7.20. The molecule has 0 saturated carbocycles. The third kappa shape index (κ3) is 4.01. The minimum Gasteiger partial charge on any atom is -0.325 e. The molecule has 0 saturated heterocycles. The van der Waals surface area contributed by atoms with Gasteiger partial charge in [-0.2, -0.15) is 0 Å². The lowest BCUT2D eigenvalue weighted by Gasteiger charge is -2.37. The number of hydrogen-bond donors (Lipinski definition) is 1. The molecular weight excluding hydrogens is 198 g/mol. The van der Waals surface area contributed by atoms with Crippen LogP contribution in [0.15, 0.2) is 0 Å². The van der Waals surface area contributed by atoms with Crippen molar-refractivity contribution in [1.29, 1.82) is 0 Å². The molecule has 1 nitrogen and oxygen atoms in total. The lowest BCUT2D eigenvalue weighted by molar-refractivity contribution is 0.682. The quantitative estimate of drug-likeness (QED) is 0.549. The van der Waals surface area contributed by atoms with Gasteiger partial charge in [0.15, 0.2) is 0 Å². The number of unbranched alkanes of at least 4 members (excludes halogenated alkanes) is 1. The highest BCUT2D eigenvalue weighted by Gasteiger charge is 2.42. The Morgan fingerprint density at radius 3 is 2.08 bits per heavy atom. The summed E-state index contributed by atoms with van der Waals surface area (Å²) in [4.78, 5) is 3.54. The Morgan fingerprint density at radius 2 is 1.77 bits per heavy atom. The Hall–Kier alpha value is 0.467. The smallest absolute Gasteiger partial charge is 0.231 e. The molecule has 13 heavy (non-hydrogen) atoms. The SMILES string of the molecule is CCCC[Si](Cl)(NCC)C(C)(C)C. The van der Waals surface area contributed by atoms with Crippen molar-refractivity contribution in [2.45, 2.75) is 58.5 Å². The van der Waals surface area contributed by atoms with Gasteiger partial charge >= 0.3 is 0 Å². The number of rotatable bonds is 5. The summed E-state index contributed by atoms with van der Waals surface area (Å²) in [6.45, 7) is 12.1. The molecule has 1 N–H and O–H groups in total. The van der Waals surface area contributed by atoms with E-state index >= 15 is 0 Å². The van der Waals surface area contributed by atoms with E-state index in [1.807, 2.05) is 0 Å². The largest absolute Gasteiger partial charge is 0.325 e. The fraction of sp³-hybridized carbons (Fsp3) is 1.00. The van der Waals surface area contributed by atoms with Gasteiger partial charge < -0.3 is 4.98 Å². The molecule has 0 rings (SSSR count). The third-order valence-corrected chi connectivity index (χ3v) is 9.52. The molecule has 1 unspecified atom stereocenters. The van der Waals surface area contributed by atoms with Crippen molar-refractivity contribution >= 4 is 18.6 Å². The van der Waals surface area contributed by atoms with Crippen molar-refractivity contribution in [3.05, 3.63) is 0 Å². The number of nitrogens with one attached hydrogen (secondary N) is 1. The minimum atomic E-state index is -1.75. The van der Waals surface area contributed by atoms with E-state index < -0.39 is 7.55 Å². The standard InChI is InChI=1S/C10H24ClNSi/c1-6-8-9-13(11,12-7-2)10(3,4)5/h12H,6-9H2,1-5H3. The van der Waals surface area contributed by atoms with E-state index in [-0.39, 0.29) is 5.04 Å². The first-order chi connectivity index (χ1) is 5.87. The summed E-state index contributed by atoms with van der Waals surface area (Å²) >= 11 is 6.72. The maximum Gasteiger partial charge on any atom is 0.231 e. The zero-order chi connectivity index (χ0) is 10.5. The summed E-state index contributed by atoms with van der Waals surface area (Å²) in [5.74, 6) is 0. The molecule has 0 radical (unpaired) electrons. The van der Waals surface area contributed by atoms with Crippen LogP contribution in [0.2, 0.25) is 11.1 Å². The molecule has 0 heterocycles. The average molecular weight is 222 g/mol. The van der Waals surface area contributed by atoms with Crippen molar-refractivity contribution in [1.82, 2.24) is 4.98 Å². The van der Waals surface area contributed by atoms with Crippen LogP contribution in [0, 0.1) is 0 Å².